The Hall–Kier alpha value is -1.42. The minimum absolute atomic E-state index is 0.138. The van der Waals surface area contributed by atoms with Gasteiger partial charge in [0.15, 0.2) is 0 Å². The van der Waals surface area contributed by atoms with Crippen molar-refractivity contribution >= 4 is 11.4 Å². The number of rotatable bonds is 4. The number of nitrogens with zero attached hydrogens (tertiary/aromatic N) is 2. The minimum atomic E-state index is 0.138. The summed E-state index contributed by atoms with van der Waals surface area (Å²) < 4.78 is 5.78. The summed E-state index contributed by atoms with van der Waals surface area (Å²) in [5, 5.41) is 0. The molecule has 1 aromatic carbocycles. The molecule has 1 heterocycles. The molecule has 2 rings (SSSR count). The lowest BCUT2D eigenvalue weighted by molar-refractivity contribution is 0.242. The smallest absolute Gasteiger partial charge is 0.144 e. The Morgan fingerprint density at radius 3 is 2.80 bits per heavy atom. The third-order valence-corrected chi connectivity index (χ3v) is 3.93. The van der Waals surface area contributed by atoms with E-state index in [1.165, 1.54) is 19.4 Å². The first-order valence-electron chi connectivity index (χ1n) is 7.45. The van der Waals surface area contributed by atoms with Gasteiger partial charge in [0.1, 0.15) is 5.75 Å². The van der Waals surface area contributed by atoms with Crippen LogP contribution in [0.25, 0.3) is 0 Å². The number of hydrogen-bond donors (Lipinski definition) is 1. The molecule has 4 heteroatoms. The Balaban J connectivity index is 2.18. The number of hydrogen-bond acceptors (Lipinski definition) is 4. The molecule has 112 valence electrons. The molecule has 0 aromatic heterocycles. The largest absolute Gasteiger partial charge is 0.489 e. The molecule has 0 radical (unpaired) electrons. The highest BCUT2D eigenvalue weighted by atomic mass is 16.5. The molecule has 0 amide bonds. The molecule has 2 N–H and O–H groups in total. The van der Waals surface area contributed by atoms with Gasteiger partial charge in [0, 0.05) is 19.6 Å². The van der Waals surface area contributed by atoms with Gasteiger partial charge in [-0.1, -0.05) is 6.07 Å². The van der Waals surface area contributed by atoms with E-state index in [1.54, 1.807) is 0 Å². The first-order chi connectivity index (χ1) is 9.49. The molecule has 4 nitrogen and oxygen atoms in total. The number of benzene rings is 1. The fourth-order valence-corrected chi connectivity index (χ4v) is 2.85. The van der Waals surface area contributed by atoms with Crippen LogP contribution in [0.15, 0.2) is 18.2 Å². The van der Waals surface area contributed by atoms with Crippen LogP contribution in [0.1, 0.15) is 26.7 Å². The van der Waals surface area contributed by atoms with E-state index >= 15 is 0 Å². The zero-order chi connectivity index (χ0) is 14.7. The predicted octanol–water partition coefficient (Wildman–Crippen LogP) is 2.59. The Bertz CT molecular complexity index is 447. The highest BCUT2D eigenvalue weighted by Crippen LogP contribution is 2.34. The molecule has 0 saturated carbocycles. The van der Waals surface area contributed by atoms with Gasteiger partial charge in [-0.3, -0.25) is 0 Å². The number of para-hydroxylation sites is 1. The molecule has 0 spiro atoms. The molecule has 1 atom stereocenters. The number of ether oxygens (including phenoxy) is 1. The van der Waals surface area contributed by atoms with Gasteiger partial charge >= 0.3 is 0 Å². The molecule has 0 aliphatic carbocycles. The molecule has 20 heavy (non-hydrogen) atoms. The van der Waals surface area contributed by atoms with Crippen molar-refractivity contribution in [2.45, 2.75) is 38.8 Å². The standard InChI is InChI=1S/C16H27N3O/c1-12(2)20-15-9-5-8-14(16(15)17)19(4)13-7-6-10-18(3)11-13/h5,8-9,12-13H,6-7,10-11,17H2,1-4H3. The fourth-order valence-electron chi connectivity index (χ4n) is 2.85. The van der Waals surface area contributed by atoms with E-state index < -0.39 is 0 Å². The van der Waals surface area contributed by atoms with Crippen molar-refractivity contribution in [2.75, 3.05) is 37.8 Å². The summed E-state index contributed by atoms with van der Waals surface area (Å²) in [5.41, 5.74) is 8.11. The first-order valence-corrected chi connectivity index (χ1v) is 7.45. The van der Waals surface area contributed by atoms with Crippen LogP contribution in [0.4, 0.5) is 11.4 Å². The molecule has 1 saturated heterocycles. The van der Waals surface area contributed by atoms with Gasteiger partial charge < -0.3 is 20.3 Å². The van der Waals surface area contributed by atoms with Crippen LogP contribution in [0, 0.1) is 0 Å². The minimum Gasteiger partial charge on any atom is -0.489 e. The first kappa shape index (κ1) is 15.0. The van der Waals surface area contributed by atoms with E-state index in [9.17, 15) is 0 Å². The number of anilines is 2. The number of nitrogen functional groups attached to an aromatic ring is 1. The summed E-state index contributed by atoms with van der Waals surface area (Å²) in [6.07, 6.45) is 2.60. The van der Waals surface area contributed by atoms with Crippen molar-refractivity contribution in [1.29, 1.82) is 0 Å². The lowest BCUT2D eigenvalue weighted by Gasteiger charge is -2.37. The summed E-state index contributed by atoms with van der Waals surface area (Å²) >= 11 is 0. The van der Waals surface area contributed by atoms with Crippen molar-refractivity contribution in [2.24, 2.45) is 0 Å². The average molecular weight is 277 g/mol. The zero-order valence-electron chi connectivity index (χ0n) is 13.1. The molecule has 1 aliphatic heterocycles. The topological polar surface area (TPSA) is 41.7 Å². The maximum Gasteiger partial charge on any atom is 0.144 e. The quantitative estimate of drug-likeness (QED) is 0.859. The van der Waals surface area contributed by atoms with Crippen molar-refractivity contribution in [3.8, 4) is 5.75 Å². The second-order valence-corrected chi connectivity index (χ2v) is 6.02. The normalized spacial score (nSPS) is 20.1. The Labute approximate surface area is 122 Å². The highest BCUT2D eigenvalue weighted by Gasteiger charge is 2.23. The molecule has 0 bridgehead atoms. The van der Waals surface area contributed by atoms with Gasteiger partial charge in [-0.05, 0) is 52.4 Å². The van der Waals surface area contributed by atoms with Crippen LogP contribution in [0.5, 0.6) is 5.75 Å². The van der Waals surface area contributed by atoms with Crippen LogP contribution >= 0.6 is 0 Å². The molecular weight excluding hydrogens is 250 g/mol. The van der Waals surface area contributed by atoms with Crippen molar-refractivity contribution < 1.29 is 4.74 Å². The lowest BCUT2D eigenvalue weighted by atomic mass is 10.0. The van der Waals surface area contributed by atoms with Gasteiger partial charge in [-0.25, -0.2) is 0 Å². The van der Waals surface area contributed by atoms with Gasteiger partial charge in [0.2, 0.25) is 0 Å². The van der Waals surface area contributed by atoms with E-state index in [0.717, 1.165) is 23.7 Å². The van der Waals surface area contributed by atoms with Crippen molar-refractivity contribution in [1.82, 2.24) is 4.90 Å². The van der Waals surface area contributed by atoms with Crippen LogP contribution in [0.2, 0.25) is 0 Å². The van der Waals surface area contributed by atoms with Gasteiger partial charge in [0.25, 0.3) is 0 Å². The van der Waals surface area contributed by atoms with Crippen LogP contribution in [-0.4, -0.2) is 44.2 Å². The van der Waals surface area contributed by atoms with Crippen molar-refractivity contribution in [3.63, 3.8) is 0 Å². The SMILES string of the molecule is CC(C)Oc1cccc(N(C)C2CCCN(C)C2)c1N. The number of likely N-dealkylation sites (N-methyl/N-ethyl adjacent to an activating group) is 2. The number of nitrogens with two attached hydrogens (primary N) is 1. The molecule has 1 aromatic rings. The molecular formula is C16H27N3O. The third-order valence-electron chi connectivity index (χ3n) is 3.93. The second kappa shape index (κ2) is 6.35. The lowest BCUT2D eigenvalue weighted by Crippen LogP contribution is -2.45. The molecule has 1 unspecified atom stereocenters. The molecule has 1 fully saturated rings. The summed E-state index contributed by atoms with van der Waals surface area (Å²) in [4.78, 5) is 4.69. The summed E-state index contributed by atoms with van der Waals surface area (Å²) in [7, 11) is 4.32. The number of likely N-dealkylation sites (tertiary alicyclic amines) is 1. The van der Waals surface area contributed by atoms with Gasteiger partial charge in [0.05, 0.1) is 17.5 Å². The van der Waals surface area contributed by atoms with Crippen molar-refractivity contribution in [3.05, 3.63) is 18.2 Å². The monoisotopic (exact) mass is 277 g/mol. The Morgan fingerprint density at radius 1 is 1.40 bits per heavy atom. The summed E-state index contributed by atoms with van der Waals surface area (Å²) in [5.74, 6) is 0.786. The van der Waals surface area contributed by atoms with Gasteiger partial charge in [-0.2, -0.15) is 0 Å². The van der Waals surface area contributed by atoms with E-state index in [0.29, 0.717) is 6.04 Å². The molecule has 1 aliphatic rings. The van der Waals surface area contributed by atoms with E-state index in [1.807, 2.05) is 26.0 Å². The zero-order valence-corrected chi connectivity index (χ0v) is 13.1. The highest BCUT2D eigenvalue weighted by molar-refractivity contribution is 5.74. The van der Waals surface area contributed by atoms with Crippen LogP contribution in [0.3, 0.4) is 0 Å². The Kier molecular flexibility index (Phi) is 4.76. The van der Waals surface area contributed by atoms with E-state index in [2.05, 4.69) is 30.0 Å². The third kappa shape index (κ3) is 3.37. The summed E-state index contributed by atoms with van der Waals surface area (Å²) in [6.45, 7) is 6.32. The van der Waals surface area contributed by atoms with Crippen LogP contribution < -0.4 is 15.4 Å². The second-order valence-electron chi connectivity index (χ2n) is 6.02. The maximum atomic E-state index is 6.29. The predicted molar refractivity (Wildman–Crippen MR) is 85.5 cm³/mol. The average Bonchev–Trinajstić information content (AvgIpc) is 2.40. The summed E-state index contributed by atoms with van der Waals surface area (Å²) in [6, 6.07) is 6.56. The van der Waals surface area contributed by atoms with E-state index in [4.69, 9.17) is 10.5 Å². The van der Waals surface area contributed by atoms with Gasteiger partial charge in [-0.15, -0.1) is 0 Å². The number of piperidine rings is 1. The fraction of sp³-hybridized carbons (Fsp3) is 0.625. The Morgan fingerprint density at radius 2 is 2.15 bits per heavy atom. The maximum absolute atomic E-state index is 6.29. The van der Waals surface area contributed by atoms with Crippen LogP contribution in [-0.2, 0) is 0 Å². The van der Waals surface area contributed by atoms with E-state index in [-0.39, 0.29) is 6.10 Å².